The molecule has 0 saturated heterocycles. The Morgan fingerprint density at radius 3 is 2.78 bits per heavy atom. The molecule has 0 bridgehead atoms. The van der Waals surface area contributed by atoms with E-state index >= 15 is 0 Å². The Balaban J connectivity index is 1.42. The van der Waals surface area contributed by atoms with Gasteiger partial charge in [-0.05, 0) is 43.0 Å². The summed E-state index contributed by atoms with van der Waals surface area (Å²) in [5, 5.41) is 19.0. The Kier molecular flexibility index (Phi) is 6.64. The van der Waals surface area contributed by atoms with Crippen LogP contribution in [0, 0.1) is 5.82 Å². The Bertz CT molecular complexity index is 1220. The first-order valence-corrected chi connectivity index (χ1v) is 11.4. The van der Waals surface area contributed by atoms with E-state index in [9.17, 15) is 9.18 Å². The summed E-state index contributed by atoms with van der Waals surface area (Å²) < 4.78 is 14.9. The van der Waals surface area contributed by atoms with Gasteiger partial charge in [-0.1, -0.05) is 18.7 Å². The van der Waals surface area contributed by atoms with Crippen LogP contribution in [0.5, 0.6) is 0 Å². The monoisotopic (exact) mass is 454 g/mol. The molecular formula is C21H23FN8OS. The van der Waals surface area contributed by atoms with Crippen LogP contribution in [0.3, 0.4) is 0 Å². The number of halogens is 1. The summed E-state index contributed by atoms with van der Waals surface area (Å²) in [6.07, 6.45) is 4.65. The number of hydrogen-bond donors (Lipinski definition) is 3. The summed E-state index contributed by atoms with van der Waals surface area (Å²) in [5.41, 5.74) is 2.34. The lowest BCUT2D eigenvalue weighted by molar-refractivity contribution is 0.0947. The molecule has 11 heteroatoms. The third-order valence-corrected chi connectivity index (χ3v) is 5.32. The first-order chi connectivity index (χ1) is 15.6. The quantitative estimate of drug-likeness (QED) is 0.263. The number of aromatic amines is 1. The van der Waals surface area contributed by atoms with Gasteiger partial charge in [0.15, 0.2) is 10.8 Å². The number of fused-ring (bicyclic) bond motifs is 1. The second-order valence-electron chi connectivity index (χ2n) is 7.02. The van der Waals surface area contributed by atoms with Crippen molar-refractivity contribution >= 4 is 34.5 Å². The summed E-state index contributed by atoms with van der Waals surface area (Å²) in [7, 11) is 0. The van der Waals surface area contributed by atoms with Crippen LogP contribution in [0.4, 0.5) is 10.2 Å². The van der Waals surface area contributed by atoms with E-state index in [2.05, 4.69) is 42.8 Å². The minimum atomic E-state index is -0.323. The van der Waals surface area contributed by atoms with Crippen molar-refractivity contribution in [1.29, 1.82) is 0 Å². The summed E-state index contributed by atoms with van der Waals surface area (Å²) >= 11 is 1.47. The van der Waals surface area contributed by atoms with Crippen molar-refractivity contribution in [2.45, 2.75) is 25.0 Å². The second kappa shape index (κ2) is 9.77. The van der Waals surface area contributed by atoms with Crippen molar-refractivity contribution in [2.75, 3.05) is 24.7 Å². The van der Waals surface area contributed by atoms with Crippen LogP contribution < -0.4 is 10.6 Å². The number of hydrogen-bond acceptors (Lipinski definition) is 7. The maximum Gasteiger partial charge on any atom is 0.269 e. The molecule has 3 N–H and O–H groups in total. The van der Waals surface area contributed by atoms with E-state index in [-0.39, 0.29) is 11.7 Å². The van der Waals surface area contributed by atoms with Crippen molar-refractivity contribution in [3.05, 3.63) is 48.0 Å². The summed E-state index contributed by atoms with van der Waals surface area (Å²) in [4.78, 5) is 21.6. The lowest BCUT2D eigenvalue weighted by Gasteiger charge is -2.08. The Labute approximate surface area is 188 Å². The van der Waals surface area contributed by atoms with Crippen LogP contribution in [-0.4, -0.2) is 55.2 Å². The highest BCUT2D eigenvalue weighted by Crippen LogP contribution is 2.23. The van der Waals surface area contributed by atoms with Gasteiger partial charge >= 0.3 is 0 Å². The van der Waals surface area contributed by atoms with Crippen LogP contribution in [0.2, 0.25) is 0 Å². The molecule has 3 heterocycles. The van der Waals surface area contributed by atoms with Crippen LogP contribution in [0.25, 0.3) is 22.3 Å². The van der Waals surface area contributed by atoms with E-state index < -0.39 is 0 Å². The normalized spacial score (nSPS) is 11.1. The predicted octanol–water partition coefficient (Wildman–Crippen LogP) is 3.33. The van der Waals surface area contributed by atoms with Crippen LogP contribution >= 0.6 is 11.8 Å². The van der Waals surface area contributed by atoms with Gasteiger partial charge in [0.1, 0.15) is 17.3 Å². The fraction of sp³-hybridized carbons (Fsp3) is 0.286. The highest BCUT2D eigenvalue weighted by atomic mass is 32.2. The third-order valence-electron chi connectivity index (χ3n) is 4.77. The average Bonchev–Trinajstić information content (AvgIpc) is 3.46. The maximum atomic E-state index is 13.1. The minimum absolute atomic E-state index is 0.285. The van der Waals surface area contributed by atoms with Crippen molar-refractivity contribution in [3.8, 4) is 11.3 Å². The number of nitrogens with zero attached hydrogens (tertiary/aromatic N) is 5. The molecule has 0 radical (unpaired) electrons. The smallest absolute Gasteiger partial charge is 0.269 e. The van der Waals surface area contributed by atoms with Gasteiger partial charge in [0.2, 0.25) is 0 Å². The Hall–Kier alpha value is -3.47. The standard InChI is InChI=1S/C21H23FN8OS/c1-3-8-23-18-15-12-25-30(19(15)27-21(26-18)32-2)10-9-24-20(31)17-11-16(28-29-17)13-4-6-14(22)7-5-13/h4-7,11-12H,3,8-10H2,1-2H3,(H,24,31)(H,28,29)(H,23,26,27). The topological polar surface area (TPSA) is 113 Å². The first-order valence-electron chi connectivity index (χ1n) is 10.2. The van der Waals surface area contributed by atoms with Gasteiger partial charge in [-0.3, -0.25) is 9.89 Å². The molecule has 0 aliphatic rings. The van der Waals surface area contributed by atoms with E-state index in [4.69, 9.17) is 0 Å². The molecule has 0 spiro atoms. The van der Waals surface area contributed by atoms with Gasteiger partial charge in [-0.15, -0.1) is 0 Å². The molecule has 0 fully saturated rings. The second-order valence-corrected chi connectivity index (χ2v) is 7.79. The van der Waals surface area contributed by atoms with Crippen LogP contribution in [0.15, 0.2) is 41.7 Å². The number of nitrogens with one attached hydrogen (secondary N) is 3. The first kappa shape index (κ1) is 21.8. The summed E-state index contributed by atoms with van der Waals surface area (Å²) in [5.74, 6) is 0.158. The molecule has 4 aromatic rings. The molecule has 0 unspecified atom stereocenters. The van der Waals surface area contributed by atoms with Gasteiger partial charge in [-0.2, -0.15) is 10.2 Å². The molecule has 3 aromatic heterocycles. The fourth-order valence-corrected chi connectivity index (χ4v) is 3.51. The molecule has 1 amide bonds. The zero-order valence-corrected chi connectivity index (χ0v) is 18.5. The number of anilines is 1. The van der Waals surface area contributed by atoms with Gasteiger partial charge in [0, 0.05) is 18.7 Å². The number of amides is 1. The Morgan fingerprint density at radius 1 is 1.22 bits per heavy atom. The molecule has 0 atom stereocenters. The number of carbonyl (C=O) groups is 1. The number of carbonyl (C=O) groups excluding carboxylic acids is 1. The van der Waals surface area contributed by atoms with E-state index in [1.54, 1.807) is 29.1 Å². The van der Waals surface area contributed by atoms with Gasteiger partial charge in [-0.25, -0.2) is 19.0 Å². The van der Waals surface area contributed by atoms with Crippen molar-refractivity contribution in [3.63, 3.8) is 0 Å². The SMILES string of the molecule is CCCNc1nc(SC)nc2c1cnn2CCNC(=O)c1cc(-c2ccc(F)cc2)n[nH]1. The zero-order valence-electron chi connectivity index (χ0n) is 17.7. The summed E-state index contributed by atoms with van der Waals surface area (Å²) in [6.45, 7) is 3.71. The molecule has 4 rings (SSSR count). The molecule has 9 nitrogen and oxygen atoms in total. The minimum Gasteiger partial charge on any atom is -0.369 e. The van der Waals surface area contributed by atoms with Crippen LogP contribution in [0.1, 0.15) is 23.8 Å². The maximum absolute atomic E-state index is 13.1. The number of H-pyrrole nitrogens is 1. The molecular weight excluding hydrogens is 431 g/mol. The van der Waals surface area contributed by atoms with Crippen molar-refractivity contribution in [1.82, 2.24) is 35.3 Å². The van der Waals surface area contributed by atoms with E-state index in [0.717, 1.165) is 35.4 Å². The van der Waals surface area contributed by atoms with Gasteiger partial charge in [0.25, 0.3) is 5.91 Å². The highest BCUT2D eigenvalue weighted by Gasteiger charge is 2.14. The number of rotatable bonds is 9. The molecule has 0 aliphatic heterocycles. The highest BCUT2D eigenvalue weighted by molar-refractivity contribution is 7.98. The van der Waals surface area contributed by atoms with E-state index in [1.807, 2.05) is 6.26 Å². The van der Waals surface area contributed by atoms with E-state index in [0.29, 0.717) is 29.6 Å². The molecule has 1 aromatic carbocycles. The average molecular weight is 455 g/mol. The van der Waals surface area contributed by atoms with Crippen molar-refractivity contribution in [2.24, 2.45) is 0 Å². The van der Waals surface area contributed by atoms with Crippen molar-refractivity contribution < 1.29 is 9.18 Å². The number of benzene rings is 1. The van der Waals surface area contributed by atoms with Gasteiger partial charge in [0.05, 0.1) is 23.8 Å². The number of thioether (sulfide) groups is 1. The molecule has 0 saturated carbocycles. The lowest BCUT2D eigenvalue weighted by Crippen LogP contribution is -2.27. The predicted molar refractivity (Wildman–Crippen MR) is 122 cm³/mol. The Morgan fingerprint density at radius 2 is 2.03 bits per heavy atom. The van der Waals surface area contributed by atoms with E-state index in [1.165, 1.54) is 23.9 Å². The fourth-order valence-electron chi connectivity index (χ4n) is 3.15. The summed E-state index contributed by atoms with van der Waals surface area (Å²) in [6, 6.07) is 7.57. The molecule has 0 aliphatic carbocycles. The third kappa shape index (κ3) is 4.72. The van der Waals surface area contributed by atoms with Gasteiger partial charge < -0.3 is 10.6 Å². The zero-order chi connectivity index (χ0) is 22.5. The molecule has 32 heavy (non-hydrogen) atoms. The van der Waals surface area contributed by atoms with Crippen LogP contribution in [-0.2, 0) is 6.54 Å². The largest absolute Gasteiger partial charge is 0.369 e. The molecule has 166 valence electrons. The lowest BCUT2D eigenvalue weighted by atomic mass is 10.1. The number of aromatic nitrogens is 6.